The van der Waals surface area contributed by atoms with E-state index >= 15 is 0 Å². The Hall–Kier alpha value is -4.37. The number of rotatable bonds is 3. The lowest BCUT2D eigenvalue weighted by atomic mass is 9.97. The molecule has 0 N–H and O–H groups in total. The molecule has 0 radical (unpaired) electrons. The first kappa shape index (κ1) is 18.4. The standard InChI is InChI=1S/C29H19N3/c1-2-8-24-22(6-1)7-5-9-25(24)29-28(31-26-10-3-4-11-27(26)32-29)23-14-12-20(13-15-23)21-16-18-30-19-17-21/h1-19H. The van der Waals surface area contributed by atoms with Gasteiger partial charge in [-0.05, 0) is 46.2 Å². The maximum atomic E-state index is 5.08. The number of hydrogen-bond donors (Lipinski definition) is 0. The van der Waals surface area contributed by atoms with E-state index in [1.165, 1.54) is 10.8 Å². The zero-order chi connectivity index (χ0) is 21.3. The van der Waals surface area contributed by atoms with Gasteiger partial charge in [0.05, 0.1) is 22.4 Å². The summed E-state index contributed by atoms with van der Waals surface area (Å²) in [7, 11) is 0. The normalized spacial score (nSPS) is 11.1. The van der Waals surface area contributed by atoms with Crippen molar-refractivity contribution in [3.05, 3.63) is 116 Å². The molecule has 0 fully saturated rings. The molecule has 150 valence electrons. The van der Waals surface area contributed by atoms with Gasteiger partial charge >= 0.3 is 0 Å². The van der Waals surface area contributed by atoms with Gasteiger partial charge in [0.1, 0.15) is 0 Å². The fourth-order valence-electron chi connectivity index (χ4n) is 4.19. The quantitative estimate of drug-likeness (QED) is 0.311. The van der Waals surface area contributed by atoms with Crippen LogP contribution in [-0.4, -0.2) is 15.0 Å². The van der Waals surface area contributed by atoms with Crippen LogP contribution in [0, 0.1) is 0 Å². The molecule has 32 heavy (non-hydrogen) atoms. The van der Waals surface area contributed by atoms with Crippen molar-refractivity contribution in [2.75, 3.05) is 0 Å². The molecule has 0 aliphatic rings. The Morgan fingerprint density at radius 1 is 0.438 bits per heavy atom. The first-order valence-electron chi connectivity index (χ1n) is 10.6. The summed E-state index contributed by atoms with van der Waals surface area (Å²) in [5.74, 6) is 0. The zero-order valence-corrected chi connectivity index (χ0v) is 17.3. The van der Waals surface area contributed by atoms with Crippen molar-refractivity contribution in [3.8, 4) is 33.6 Å². The van der Waals surface area contributed by atoms with Crippen LogP contribution in [0.25, 0.3) is 55.4 Å². The van der Waals surface area contributed by atoms with Crippen LogP contribution in [-0.2, 0) is 0 Å². The summed E-state index contributed by atoms with van der Waals surface area (Å²) in [5, 5.41) is 2.37. The molecule has 0 amide bonds. The molecule has 3 heteroatoms. The summed E-state index contributed by atoms with van der Waals surface area (Å²) in [6, 6.07) is 35.4. The van der Waals surface area contributed by atoms with E-state index < -0.39 is 0 Å². The van der Waals surface area contributed by atoms with Crippen molar-refractivity contribution >= 4 is 21.8 Å². The van der Waals surface area contributed by atoms with Crippen molar-refractivity contribution in [3.63, 3.8) is 0 Å². The lowest BCUT2D eigenvalue weighted by molar-refractivity contribution is 1.30. The van der Waals surface area contributed by atoms with Crippen LogP contribution in [0.15, 0.2) is 116 Å². The van der Waals surface area contributed by atoms with E-state index in [2.05, 4.69) is 71.7 Å². The number of benzene rings is 4. The summed E-state index contributed by atoms with van der Waals surface area (Å²) in [5.41, 5.74) is 8.01. The molecule has 3 nitrogen and oxygen atoms in total. The fraction of sp³-hybridized carbons (Fsp3) is 0. The molecular weight excluding hydrogens is 390 g/mol. The van der Waals surface area contributed by atoms with Crippen LogP contribution in [0.5, 0.6) is 0 Å². The summed E-state index contributed by atoms with van der Waals surface area (Å²) < 4.78 is 0. The van der Waals surface area contributed by atoms with Gasteiger partial charge in [0.25, 0.3) is 0 Å². The molecule has 0 aliphatic heterocycles. The second kappa shape index (κ2) is 7.71. The SMILES string of the molecule is c1ccc2c(-c3nc4ccccc4nc3-c3ccc(-c4ccncc4)cc3)cccc2c1. The third-order valence-corrected chi connectivity index (χ3v) is 5.79. The molecule has 0 saturated carbocycles. The highest BCUT2D eigenvalue weighted by Gasteiger charge is 2.15. The maximum absolute atomic E-state index is 5.08. The van der Waals surface area contributed by atoms with Gasteiger partial charge in [-0.3, -0.25) is 4.98 Å². The Bertz CT molecular complexity index is 1550. The summed E-state index contributed by atoms with van der Waals surface area (Å²) >= 11 is 0. The zero-order valence-electron chi connectivity index (χ0n) is 17.3. The molecular formula is C29H19N3. The van der Waals surface area contributed by atoms with Crippen molar-refractivity contribution < 1.29 is 0 Å². The van der Waals surface area contributed by atoms with Gasteiger partial charge in [-0.25, -0.2) is 9.97 Å². The third-order valence-electron chi connectivity index (χ3n) is 5.79. The minimum atomic E-state index is 0.890. The second-order valence-corrected chi connectivity index (χ2v) is 7.75. The van der Waals surface area contributed by atoms with Crippen LogP contribution in [0.4, 0.5) is 0 Å². The highest BCUT2D eigenvalue weighted by atomic mass is 14.8. The predicted molar refractivity (Wildman–Crippen MR) is 131 cm³/mol. The molecule has 4 aromatic carbocycles. The first-order chi connectivity index (χ1) is 15.9. The van der Waals surface area contributed by atoms with Crippen molar-refractivity contribution in [2.24, 2.45) is 0 Å². The molecule has 6 aromatic rings. The molecule has 0 unspecified atom stereocenters. The van der Waals surface area contributed by atoms with E-state index in [4.69, 9.17) is 9.97 Å². The third kappa shape index (κ3) is 3.21. The van der Waals surface area contributed by atoms with Crippen LogP contribution < -0.4 is 0 Å². The van der Waals surface area contributed by atoms with E-state index in [-0.39, 0.29) is 0 Å². The molecule has 0 saturated heterocycles. The number of hydrogen-bond acceptors (Lipinski definition) is 3. The van der Waals surface area contributed by atoms with E-state index in [9.17, 15) is 0 Å². The lowest BCUT2D eigenvalue weighted by Gasteiger charge is -2.13. The fourth-order valence-corrected chi connectivity index (χ4v) is 4.19. The van der Waals surface area contributed by atoms with Crippen LogP contribution >= 0.6 is 0 Å². The molecule has 0 atom stereocenters. The summed E-state index contributed by atoms with van der Waals surface area (Å²) in [6.07, 6.45) is 3.63. The molecule has 6 rings (SSSR count). The average Bonchev–Trinajstić information content (AvgIpc) is 2.88. The van der Waals surface area contributed by atoms with Crippen molar-refractivity contribution in [1.82, 2.24) is 15.0 Å². The molecule has 2 aromatic heterocycles. The Balaban J connectivity index is 1.58. The average molecular weight is 409 g/mol. The molecule has 0 aliphatic carbocycles. The van der Waals surface area contributed by atoms with Crippen LogP contribution in [0.3, 0.4) is 0 Å². The molecule has 2 heterocycles. The first-order valence-corrected chi connectivity index (χ1v) is 10.6. The number of nitrogens with zero attached hydrogens (tertiary/aromatic N) is 3. The second-order valence-electron chi connectivity index (χ2n) is 7.75. The van der Waals surface area contributed by atoms with E-state index in [1.54, 1.807) is 0 Å². The van der Waals surface area contributed by atoms with Gasteiger partial charge in [-0.1, -0.05) is 78.9 Å². The highest BCUT2D eigenvalue weighted by molar-refractivity contribution is 6.00. The highest BCUT2D eigenvalue weighted by Crippen LogP contribution is 2.35. The maximum Gasteiger partial charge on any atom is 0.0979 e. The number of para-hydroxylation sites is 2. The Kier molecular flexibility index (Phi) is 4.43. The Labute approximate surface area is 186 Å². The van der Waals surface area contributed by atoms with Crippen LogP contribution in [0.1, 0.15) is 0 Å². The largest absolute Gasteiger partial charge is 0.265 e. The Morgan fingerprint density at radius 3 is 1.81 bits per heavy atom. The van der Waals surface area contributed by atoms with E-state index in [0.29, 0.717) is 0 Å². The number of fused-ring (bicyclic) bond motifs is 2. The van der Waals surface area contributed by atoms with Gasteiger partial charge in [0, 0.05) is 23.5 Å². The van der Waals surface area contributed by atoms with Gasteiger partial charge in [-0.2, -0.15) is 0 Å². The van der Waals surface area contributed by atoms with Crippen LogP contribution in [0.2, 0.25) is 0 Å². The summed E-state index contributed by atoms with van der Waals surface area (Å²) in [6.45, 7) is 0. The minimum absolute atomic E-state index is 0.890. The van der Waals surface area contributed by atoms with Gasteiger partial charge in [0.15, 0.2) is 0 Å². The van der Waals surface area contributed by atoms with Gasteiger partial charge in [-0.15, -0.1) is 0 Å². The lowest BCUT2D eigenvalue weighted by Crippen LogP contribution is -1.96. The Morgan fingerprint density at radius 2 is 1.03 bits per heavy atom. The molecule has 0 spiro atoms. The number of aromatic nitrogens is 3. The number of pyridine rings is 1. The van der Waals surface area contributed by atoms with Crippen molar-refractivity contribution in [2.45, 2.75) is 0 Å². The van der Waals surface area contributed by atoms with Crippen molar-refractivity contribution in [1.29, 1.82) is 0 Å². The predicted octanol–water partition coefficient (Wildman–Crippen LogP) is 7.18. The monoisotopic (exact) mass is 409 g/mol. The van der Waals surface area contributed by atoms with Gasteiger partial charge < -0.3 is 0 Å². The summed E-state index contributed by atoms with van der Waals surface area (Å²) in [4.78, 5) is 14.3. The van der Waals surface area contributed by atoms with E-state index in [1.807, 2.05) is 48.8 Å². The molecule has 0 bridgehead atoms. The topological polar surface area (TPSA) is 38.7 Å². The smallest absolute Gasteiger partial charge is 0.0979 e. The minimum Gasteiger partial charge on any atom is -0.265 e. The van der Waals surface area contributed by atoms with Gasteiger partial charge in [0.2, 0.25) is 0 Å². The van der Waals surface area contributed by atoms with E-state index in [0.717, 1.165) is 44.7 Å².